The minimum absolute atomic E-state index is 0.0940. The molecule has 11 heteroatoms. The summed E-state index contributed by atoms with van der Waals surface area (Å²) >= 11 is 6.34. The van der Waals surface area contributed by atoms with E-state index in [-0.39, 0.29) is 13.1 Å². The number of cyclic esters (lactones) is 1. The number of alkyl carbamates (subject to hydrolysis) is 1. The molecule has 1 aromatic carbocycles. The Morgan fingerprint density at radius 2 is 2.28 bits per heavy atom. The van der Waals surface area contributed by atoms with Crippen molar-refractivity contribution in [3.05, 3.63) is 29.6 Å². The van der Waals surface area contributed by atoms with Crippen molar-refractivity contribution < 1.29 is 23.5 Å². The molecule has 1 saturated heterocycles. The highest BCUT2D eigenvalue weighted by Crippen LogP contribution is 2.26. The number of benzene rings is 1. The third-order valence-electron chi connectivity index (χ3n) is 3.86. The van der Waals surface area contributed by atoms with Crippen LogP contribution < -0.4 is 15.6 Å². The van der Waals surface area contributed by atoms with Gasteiger partial charge in [0.25, 0.3) is 0 Å². The number of halogens is 1. The quantitative estimate of drug-likeness (QED) is 0.696. The number of amides is 2. The predicted octanol–water partition coefficient (Wildman–Crippen LogP) is 3.00. The topological polar surface area (TPSA) is 92.3 Å². The molecule has 1 fully saturated rings. The first-order valence-corrected chi connectivity index (χ1v) is 10.3. The van der Waals surface area contributed by atoms with Crippen molar-refractivity contribution in [2.24, 2.45) is 5.10 Å². The van der Waals surface area contributed by atoms with Crippen LogP contribution in [-0.4, -0.2) is 52.8 Å². The maximum Gasteiger partial charge on any atom is 0.414 e. The first kappa shape index (κ1) is 21.3. The zero-order chi connectivity index (χ0) is 21.2. The maximum absolute atomic E-state index is 14.6. The van der Waals surface area contributed by atoms with Crippen LogP contribution in [0, 0.1) is 5.82 Å². The summed E-state index contributed by atoms with van der Waals surface area (Å²) < 4.78 is 25.0. The van der Waals surface area contributed by atoms with Gasteiger partial charge in [0, 0.05) is 5.56 Å². The average Bonchev–Trinajstić information content (AvgIpc) is 3.00. The van der Waals surface area contributed by atoms with E-state index in [1.807, 2.05) is 0 Å². The molecule has 2 aliphatic rings. The molecule has 3 rings (SSSR count). The Kier molecular flexibility index (Phi) is 6.27. The summed E-state index contributed by atoms with van der Waals surface area (Å²) in [6.07, 6.45) is -1.77. The summed E-state index contributed by atoms with van der Waals surface area (Å²) in [6.45, 7) is 5.53. The summed E-state index contributed by atoms with van der Waals surface area (Å²) in [5.74, 6) is 0.0200. The zero-order valence-electron chi connectivity index (χ0n) is 16.2. The van der Waals surface area contributed by atoms with Crippen LogP contribution in [0.1, 0.15) is 26.3 Å². The van der Waals surface area contributed by atoms with Gasteiger partial charge in [-0.2, -0.15) is 5.10 Å². The van der Waals surface area contributed by atoms with E-state index in [4.69, 9.17) is 21.7 Å². The van der Waals surface area contributed by atoms with Gasteiger partial charge < -0.3 is 14.8 Å². The number of hydrogen-bond donors (Lipinski definition) is 2. The Hall–Kier alpha value is -2.40. The Labute approximate surface area is 177 Å². The van der Waals surface area contributed by atoms with E-state index < -0.39 is 29.7 Å². The number of thiocarbonyl (C=S) groups is 1. The van der Waals surface area contributed by atoms with Gasteiger partial charge in [-0.1, -0.05) is 24.0 Å². The van der Waals surface area contributed by atoms with Crippen LogP contribution in [0.5, 0.6) is 0 Å². The first-order chi connectivity index (χ1) is 13.6. The van der Waals surface area contributed by atoms with Gasteiger partial charge in [-0.05, 0) is 39.0 Å². The fourth-order valence-electron chi connectivity index (χ4n) is 2.64. The smallest absolute Gasteiger partial charge is 0.414 e. The molecule has 1 unspecified atom stereocenters. The van der Waals surface area contributed by atoms with Gasteiger partial charge in [-0.25, -0.2) is 14.0 Å². The molecular weight excluding hydrogens is 419 g/mol. The Morgan fingerprint density at radius 3 is 2.90 bits per heavy atom. The standard InChI is InChI=1S/C18H21FN4O4S2/c1-18(2,3)27-16(24)20-7-11-8-23(17(25)26-11)10-4-5-12(13(19)6-10)15-22-21-14(28)9-29-15/h4-6,11H,7-9H2,1-3H3,(H,20,24)(H,21,28). The second kappa shape index (κ2) is 8.54. The molecule has 2 N–H and O–H groups in total. The van der Waals surface area contributed by atoms with Crippen LogP contribution in [0.25, 0.3) is 0 Å². The molecule has 8 nitrogen and oxygen atoms in total. The average molecular weight is 441 g/mol. The van der Waals surface area contributed by atoms with E-state index in [0.29, 0.717) is 27.0 Å². The first-order valence-electron chi connectivity index (χ1n) is 8.86. The van der Waals surface area contributed by atoms with Gasteiger partial charge in [0.2, 0.25) is 0 Å². The van der Waals surface area contributed by atoms with Crippen LogP contribution in [0.3, 0.4) is 0 Å². The van der Waals surface area contributed by atoms with Gasteiger partial charge in [0.1, 0.15) is 27.6 Å². The van der Waals surface area contributed by atoms with Crippen LogP contribution in [0.2, 0.25) is 0 Å². The van der Waals surface area contributed by atoms with Gasteiger partial charge in [0.15, 0.2) is 0 Å². The molecule has 0 aliphatic carbocycles. The van der Waals surface area contributed by atoms with Crippen molar-refractivity contribution in [2.75, 3.05) is 23.7 Å². The molecule has 29 heavy (non-hydrogen) atoms. The highest BCUT2D eigenvalue weighted by molar-refractivity contribution is 8.15. The summed E-state index contributed by atoms with van der Waals surface area (Å²) in [7, 11) is 0. The molecule has 1 aromatic rings. The van der Waals surface area contributed by atoms with Gasteiger partial charge in [0.05, 0.1) is 24.5 Å². The Morgan fingerprint density at radius 1 is 1.52 bits per heavy atom. The zero-order valence-corrected chi connectivity index (χ0v) is 17.8. The lowest BCUT2D eigenvalue weighted by Gasteiger charge is -2.20. The molecule has 0 bridgehead atoms. The van der Waals surface area contributed by atoms with E-state index >= 15 is 0 Å². The van der Waals surface area contributed by atoms with Gasteiger partial charge in [-0.3, -0.25) is 10.3 Å². The largest absolute Gasteiger partial charge is 0.444 e. The number of nitrogens with one attached hydrogen (secondary N) is 2. The SMILES string of the molecule is CC(C)(C)OC(=O)NCC1CN(c2ccc(C3=NNC(=S)CS3)c(F)c2)C(=O)O1. The summed E-state index contributed by atoms with van der Waals surface area (Å²) in [5, 5.41) is 7.11. The number of anilines is 1. The third-order valence-corrected chi connectivity index (χ3v) is 5.30. The van der Waals surface area contributed by atoms with Crippen molar-refractivity contribution in [3.63, 3.8) is 0 Å². The molecule has 0 saturated carbocycles. The van der Waals surface area contributed by atoms with E-state index in [1.54, 1.807) is 32.9 Å². The van der Waals surface area contributed by atoms with Crippen molar-refractivity contribution in [3.8, 4) is 0 Å². The monoisotopic (exact) mass is 440 g/mol. The van der Waals surface area contributed by atoms with Crippen molar-refractivity contribution >= 4 is 51.9 Å². The fraction of sp³-hybridized carbons (Fsp3) is 0.444. The molecule has 0 aromatic heterocycles. The number of carbonyl (C=O) groups excluding carboxylic acids is 2. The second-order valence-electron chi connectivity index (χ2n) is 7.40. The highest BCUT2D eigenvalue weighted by Gasteiger charge is 2.33. The molecule has 0 spiro atoms. The van der Waals surface area contributed by atoms with Gasteiger partial charge >= 0.3 is 12.2 Å². The lowest BCUT2D eigenvalue weighted by molar-refractivity contribution is 0.0496. The maximum atomic E-state index is 14.6. The molecule has 1 atom stereocenters. The number of hydrazone groups is 1. The molecule has 2 amide bonds. The van der Waals surface area contributed by atoms with E-state index in [2.05, 4.69) is 15.8 Å². The number of ether oxygens (including phenoxy) is 2. The number of rotatable bonds is 4. The number of hydrogen-bond acceptors (Lipinski definition) is 7. The van der Waals surface area contributed by atoms with Crippen molar-refractivity contribution in [2.45, 2.75) is 32.5 Å². The van der Waals surface area contributed by atoms with Gasteiger partial charge in [-0.15, -0.1) is 0 Å². The predicted molar refractivity (Wildman–Crippen MR) is 113 cm³/mol. The molecular formula is C18H21FN4O4S2. The van der Waals surface area contributed by atoms with E-state index in [9.17, 15) is 14.0 Å². The van der Waals surface area contributed by atoms with Crippen LogP contribution in [0.15, 0.2) is 23.3 Å². The third kappa shape index (κ3) is 5.57. The van der Waals surface area contributed by atoms with Crippen molar-refractivity contribution in [1.29, 1.82) is 0 Å². The molecule has 2 aliphatic heterocycles. The fourth-order valence-corrected chi connectivity index (χ4v) is 3.63. The summed E-state index contributed by atoms with van der Waals surface area (Å²) in [6, 6.07) is 4.45. The van der Waals surface area contributed by atoms with Crippen molar-refractivity contribution in [1.82, 2.24) is 10.7 Å². The van der Waals surface area contributed by atoms with Crippen LogP contribution in [0.4, 0.5) is 19.7 Å². The number of nitrogens with zero attached hydrogens (tertiary/aromatic N) is 2. The molecule has 0 radical (unpaired) electrons. The minimum Gasteiger partial charge on any atom is -0.444 e. The van der Waals surface area contributed by atoms with E-state index in [1.165, 1.54) is 22.7 Å². The highest BCUT2D eigenvalue weighted by atomic mass is 32.2. The number of thioether (sulfide) groups is 1. The minimum atomic E-state index is -0.622. The van der Waals surface area contributed by atoms with Crippen LogP contribution >= 0.6 is 24.0 Å². The Bertz CT molecular complexity index is 872. The molecule has 156 valence electrons. The lowest BCUT2D eigenvalue weighted by Crippen LogP contribution is -2.38. The summed E-state index contributed by atoms with van der Waals surface area (Å²) in [5.41, 5.74) is 2.74. The number of carbonyl (C=O) groups is 2. The summed E-state index contributed by atoms with van der Waals surface area (Å²) in [4.78, 5) is 25.8. The normalized spacial score (nSPS) is 19.4. The van der Waals surface area contributed by atoms with E-state index in [0.717, 1.165) is 0 Å². The lowest BCUT2D eigenvalue weighted by atomic mass is 10.2. The Balaban J connectivity index is 1.62. The second-order valence-corrected chi connectivity index (χ2v) is 8.86. The molecule has 2 heterocycles. The van der Waals surface area contributed by atoms with Crippen LogP contribution in [-0.2, 0) is 9.47 Å².